The molecule has 4 aromatic rings. The summed E-state index contributed by atoms with van der Waals surface area (Å²) in [6.45, 7) is 1.54. The van der Waals surface area contributed by atoms with Crippen LogP contribution in [0.15, 0.2) is 73.1 Å². The molecule has 1 unspecified atom stereocenters. The molecule has 1 atom stereocenters. The van der Waals surface area contributed by atoms with E-state index in [2.05, 4.69) is 45.6 Å². The summed E-state index contributed by atoms with van der Waals surface area (Å²) in [6.07, 6.45) is 4.76. The fourth-order valence-corrected chi connectivity index (χ4v) is 3.87. The number of rotatable bonds is 4. The van der Waals surface area contributed by atoms with Crippen LogP contribution in [0.4, 0.5) is 0 Å². The number of nitrogens with one attached hydrogen (secondary N) is 2. The molecule has 0 aliphatic carbocycles. The van der Waals surface area contributed by atoms with Gasteiger partial charge in [-0.25, -0.2) is 0 Å². The zero-order valence-corrected chi connectivity index (χ0v) is 15.0. The van der Waals surface area contributed by atoms with E-state index >= 15 is 0 Å². The first-order chi connectivity index (χ1) is 13.4. The number of ether oxygens (including phenoxy) is 1. The van der Waals surface area contributed by atoms with Crippen LogP contribution in [0, 0.1) is 0 Å². The van der Waals surface area contributed by atoms with Crippen molar-refractivity contribution >= 4 is 10.9 Å². The maximum atomic E-state index is 6.03. The van der Waals surface area contributed by atoms with Crippen LogP contribution in [-0.4, -0.2) is 16.5 Å². The summed E-state index contributed by atoms with van der Waals surface area (Å²) < 4.78 is 6.03. The van der Waals surface area contributed by atoms with E-state index in [1.807, 2.05) is 42.7 Å². The van der Waals surface area contributed by atoms with Gasteiger partial charge in [0.05, 0.1) is 6.04 Å². The quantitative estimate of drug-likeness (QED) is 0.571. The zero-order chi connectivity index (χ0) is 18.1. The maximum absolute atomic E-state index is 6.03. The normalized spacial score (nSPS) is 16.2. The minimum Gasteiger partial charge on any atom is -0.489 e. The van der Waals surface area contributed by atoms with Gasteiger partial charge in [0.15, 0.2) is 0 Å². The van der Waals surface area contributed by atoms with E-state index in [9.17, 15) is 0 Å². The number of hydrogen-bond donors (Lipinski definition) is 2. The lowest BCUT2D eigenvalue weighted by molar-refractivity contribution is 0.306. The molecule has 0 radical (unpaired) electrons. The highest BCUT2D eigenvalue weighted by molar-refractivity contribution is 5.86. The molecule has 134 valence electrons. The maximum Gasteiger partial charge on any atom is 0.120 e. The monoisotopic (exact) mass is 355 g/mol. The Kier molecular flexibility index (Phi) is 4.11. The van der Waals surface area contributed by atoms with Crippen LogP contribution in [-0.2, 0) is 13.0 Å². The number of hydrogen-bond acceptors (Lipinski definition) is 3. The Labute approximate surface area is 158 Å². The molecule has 1 aliphatic heterocycles. The third-order valence-corrected chi connectivity index (χ3v) is 5.19. The Morgan fingerprint density at radius 3 is 2.81 bits per heavy atom. The van der Waals surface area contributed by atoms with Crippen LogP contribution in [0.2, 0.25) is 0 Å². The summed E-state index contributed by atoms with van der Waals surface area (Å²) in [5.74, 6) is 0.907. The van der Waals surface area contributed by atoms with E-state index in [4.69, 9.17) is 4.74 Å². The lowest BCUT2D eigenvalue weighted by Gasteiger charge is -2.24. The van der Waals surface area contributed by atoms with Crippen molar-refractivity contribution in [2.75, 3.05) is 6.54 Å². The van der Waals surface area contributed by atoms with Gasteiger partial charge in [-0.15, -0.1) is 0 Å². The van der Waals surface area contributed by atoms with Crippen molar-refractivity contribution < 1.29 is 4.74 Å². The molecule has 0 spiro atoms. The van der Waals surface area contributed by atoms with Crippen molar-refractivity contribution in [3.8, 4) is 5.75 Å². The molecule has 1 aliphatic rings. The SMILES string of the molecule is c1ccc(COc2ccc3[nH]c4c(c3c2)CCNC4c2cccnc2)cc1. The molecule has 2 N–H and O–H groups in total. The van der Waals surface area contributed by atoms with Crippen LogP contribution in [0.3, 0.4) is 0 Å². The van der Waals surface area contributed by atoms with Crippen LogP contribution in [0.1, 0.15) is 28.4 Å². The van der Waals surface area contributed by atoms with Crippen LogP contribution in [0.5, 0.6) is 5.75 Å². The molecule has 2 aromatic heterocycles. The van der Waals surface area contributed by atoms with Crippen molar-refractivity contribution in [1.82, 2.24) is 15.3 Å². The molecule has 0 bridgehead atoms. The third kappa shape index (κ3) is 3.09. The first-order valence-corrected chi connectivity index (χ1v) is 9.33. The first-order valence-electron chi connectivity index (χ1n) is 9.33. The van der Waals surface area contributed by atoms with E-state index in [0.717, 1.165) is 24.2 Å². The molecule has 0 fully saturated rings. The lowest BCUT2D eigenvalue weighted by Crippen LogP contribution is -2.30. The van der Waals surface area contributed by atoms with Gasteiger partial charge >= 0.3 is 0 Å². The summed E-state index contributed by atoms with van der Waals surface area (Å²) in [5, 5.41) is 4.87. The molecule has 4 nitrogen and oxygen atoms in total. The molecule has 3 heterocycles. The largest absolute Gasteiger partial charge is 0.489 e. The molecule has 0 saturated heterocycles. The number of aromatic nitrogens is 2. The Balaban J connectivity index is 1.47. The summed E-state index contributed by atoms with van der Waals surface area (Å²) in [7, 11) is 0. The molecule has 27 heavy (non-hydrogen) atoms. The fraction of sp³-hybridized carbons (Fsp3) is 0.174. The molecular formula is C23H21N3O. The number of pyridine rings is 1. The van der Waals surface area contributed by atoms with Crippen LogP contribution in [0.25, 0.3) is 10.9 Å². The van der Waals surface area contributed by atoms with Crippen molar-refractivity contribution in [3.63, 3.8) is 0 Å². The van der Waals surface area contributed by atoms with Gasteiger partial charge in [0, 0.05) is 35.5 Å². The molecule has 2 aromatic carbocycles. The minimum atomic E-state index is 0.156. The average molecular weight is 355 g/mol. The Morgan fingerprint density at radius 1 is 1.04 bits per heavy atom. The second-order valence-corrected chi connectivity index (χ2v) is 6.92. The summed E-state index contributed by atoms with van der Waals surface area (Å²) in [5.41, 5.74) is 6.14. The topological polar surface area (TPSA) is 49.9 Å². The van der Waals surface area contributed by atoms with Crippen molar-refractivity contribution in [2.24, 2.45) is 0 Å². The van der Waals surface area contributed by atoms with Gasteiger partial charge in [0.1, 0.15) is 12.4 Å². The first kappa shape index (κ1) is 16.1. The van der Waals surface area contributed by atoms with Crippen LogP contribution >= 0.6 is 0 Å². The second-order valence-electron chi connectivity index (χ2n) is 6.92. The van der Waals surface area contributed by atoms with Gasteiger partial charge in [-0.2, -0.15) is 0 Å². The highest BCUT2D eigenvalue weighted by Gasteiger charge is 2.25. The van der Waals surface area contributed by atoms with E-state index < -0.39 is 0 Å². The van der Waals surface area contributed by atoms with Crippen molar-refractivity contribution in [2.45, 2.75) is 19.1 Å². The zero-order valence-electron chi connectivity index (χ0n) is 15.0. The number of aromatic amines is 1. The smallest absolute Gasteiger partial charge is 0.120 e. The number of nitrogens with zero attached hydrogens (tertiary/aromatic N) is 1. The minimum absolute atomic E-state index is 0.156. The molecular weight excluding hydrogens is 334 g/mol. The van der Waals surface area contributed by atoms with Gasteiger partial charge < -0.3 is 15.0 Å². The van der Waals surface area contributed by atoms with Crippen molar-refractivity contribution in [3.05, 3.63) is 95.4 Å². The van der Waals surface area contributed by atoms with Gasteiger partial charge in [-0.3, -0.25) is 4.98 Å². The molecule has 5 rings (SSSR count). The van der Waals surface area contributed by atoms with Gasteiger partial charge in [-0.1, -0.05) is 36.4 Å². The number of fused-ring (bicyclic) bond motifs is 3. The molecule has 4 heteroatoms. The Hall–Kier alpha value is -3.11. The second kappa shape index (κ2) is 6.89. The summed E-state index contributed by atoms with van der Waals surface area (Å²) in [4.78, 5) is 7.90. The highest BCUT2D eigenvalue weighted by Crippen LogP contribution is 2.34. The predicted molar refractivity (Wildman–Crippen MR) is 107 cm³/mol. The van der Waals surface area contributed by atoms with E-state index in [0.29, 0.717) is 6.61 Å². The van der Waals surface area contributed by atoms with Gasteiger partial charge in [0.25, 0.3) is 0 Å². The summed E-state index contributed by atoms with van der Waals surface area (Å²) >= 11 is 0. The molecule has 0 amide bonds. The van der Waals surface area contributed by atoms with E-state index in [-0.39, 0.29) is 6.04 Å². The van der Waals surface area contributed by atoms with E-state index in [1.54, 1.807) is 0 Å². The lowest BCUT2D eigenvalue weighted by atomic mass is 9.95. The number of benzene rings is 2. The van der Waals surface area contributed by atoms with Gasteiger partial charge in [-0.05, 0) is 47.4 Å². The van der Waals surface area contributed by atoms with Crippen molar-refractivity contribution in [1.29, 1.82) is 0 Å². The van der Waals surface area contributed by atoms with Crippen LogP contribution < -0.4 is 10.1 Å². The third-order valence-electron chi connectivity index (χ3n) is 5.19. The fourth-order valence-electron chi connectivity index (χ4n) is 3.87. The Bertz CT molecular complexity index is 1060. The molecule has 0 saturated carbocycles. The standard InChI is InChI=1S/C23H21N3O/c1-2-5-16(6-3-1)15-27-18-8-9-21-20(13-18)19-10-12-25-22(23(19)26-21)17-7-4-11-24-14-17/h1-9,11,13-14,22,25-26H,10,12,15H2. The summed E-state index contributed by atoms with van der Waals surface area (Å²) in [6, 6.07) is 20.9. The predicted octanol–water partition coefficient (Wildman–Crippen LogP) is 4.38. The highest BCUT2D eigenvalue weighted by atomic mass is 16.5. The Morgan fingerprint density at radius 2 is 1.96 bits per heavy atom. The van der Waals surface area contributed by atoms with E-state index in [1.165, 1.54) is 27.8 Å². The number of H-pyrrole nitrogens is 1. The average Bonchev–Trinajstić information content (AvgIpc) is 3.12. The van der Waals surface area contributed by atoms with Gasteiger partial charge in [0.2, 0.25) is 0 Å².